The number of hydrogen-bond acceptors (Lipinski definition) is 2. The Balaban J connectivity index is 2.08. The van der Waals surface area contributed by atoms with E-state index in [0.717, 1.165) is 27.6 Å². The van der Waals surface area contributed by atoms with E-state index in [4.69, 9.17) is 0 Å². The monoisotopic (exact) mass is 245 g/mol. The first-order chi connectivity index (χ1) is 9.43. The Kier molecular flexibility index (Phi) is 2.12. The van der Waals surface area contributed by atoms with E-state index < -0.39 is 0 Å². The minimum atomic E-state index is 0.980. The van der Waals surface area contributed by atoms with Gasteiger partial charge >= 0.3 is 0 Å². The van der Waals surface area contributed by atoms with Gasteiger partial charge in [0.25, 0.3) is 0 Å². The largest absolute Gasteiger partial charge is 0.299 e. The van der Waals surface area contributed by atoms with Crippen LogP contribution >= 0.6 is 0 Å². The molecule has 19 heavy (non-hydrogen) atoms. The lowest BCUT2D eigenvalue weighted by molar-refractivity contribution is 1.09. The molecule has 2 aromatic carbocycles. The molecule has 0 atom stereocenters. The van der Waals surface area contributed by atoms with Gasteiger partial charge in [0.05, 0.1) is 16.6 Å². The second-order valence-corrected chi connectivity index (χ2v) is 4.45. The molecule has 0 spiro atoms. The number of benzene rings is 2. The molecule has 0 amide bonds. The van der Waals surface area contributed by atoms with Crippen LogP contribution in [0, 0.1) is 0 Å². The predicted molar refractivity (Wildman–Crippen MR) is 76.4 cm³/mol. The summed E-state index contributed by atoms with van der Waals surface area (Å²) < 4.78 is 2.10. The number of imidazole rings is 1. The van der Waals surface area contributed by atoms with Gasteiger partial charge in [-0.25, -0.2) is 4.98 Å². The van der Waals surface area contributed by atoms with Crippen LogP contribution in [0.4, 0.5) is 0 Å². The summed E-state index contributed by atoms with van der Waals surface area (Å²) >= 11 is 0. The van der Waals surface area contributed by atoms with Crippen LogP contribution in [0.15, 0.2) is 67.1 Å². The summed E-state index contributed by atoms with van der Waals surface area (Å²) in [4.78, 5) is 8.91. The van der Waals surface area contributed by atoms with E-state index in [2.05, 4.69) is 38.8 Å². The first-order valence-corrected chi connectivity index (χ1v) is 6.20. The van der Waals surface area contributed by atoms with Gasteiger partial charge < -0.3 is 0 Å². The Labute approximate surface area is 110 Å². The molecule has 4 aromatic rings. The molecule has 0 saturated heterocycles. The third-order valence-electron chi connectivity index (χ3n) is 3.33. The van der Waals surface area contributed by atoms with Crippen LogP contribution < -0.4 is 0 Å². The van der Waals surface area contributed by atoms with E-state index in [1.807, 2.05) is 42.9 Å². The highest BCUT2D eigenvalue weighted by Gasteiger charge is 2.07. The Bertz CT molecular complexity index is 863. The van der Waals surface area contributed by atoms with Gasteiger partial charge in [0, 0.05) is 17.3 Å². The molecule has 0 radical (unpaired) electrons. The third-order valence-corrected chi connectivity index (χ3v) is 3.33. The normalized spacial score (nSPS) is 11.2. The van der Waals surface area contributed by atoms with E-state index in [1.165, 1.54) is 0 Å². The van der Waals surface area contributed by atoms with Gasteiger partial charge in [-0.15, -0.1) is 0 Å². The molecule has 90 valence electrons. The molecular weight excluding hydrogens is 234 g/mol. The Morgan fingerprint density at radius 3 is 2.58 bits per heavy atom. The fourth-order valence-electron chi connectivity index (χ4n) is 2.43. The molecule has 2 heterocycles. The van der Waals surface area contributed by atoms with Crippen molar-refractivity contribution in [1.82, 2.24) is 14.5 Å². The Morgan fingerprint density at radius 1 is 0.789 bits per heavy atom. The fourth-order valence-corrected chi connectivity index (χ4v) is 2.43. The number of aromatic nitrogens is 3. The van der Waals surface area contributed by atoms with Crippen molar-refractivity contribution in [2.45, 2.75) is 0 Å². The van der Waals surface area contributed by atoms with Crippen LogP contribution in [0.5, 0.6) is 0 Å². The third kappa shape index (κ3) is 1.52. The molecule has 0 bridgehead atoms. The summed E-state index contributed by atoms with van der Waals surface area (Å²) in [5.41, 5.74) is 4.20. The quantitative estimate of drug-likeness (QED) is 0.513. The maximum atomic E-state index is 4.55. The molecular formula is C16H11N3. The fraction of sp³-hybridized carbons (Fsp3) is 0. The van der Waals surface area contributed by atoms with Crippen molar-refractivity contribution in [3.8, 4) is 5.69 Å². The molecule has 0 aliphatic heterocycles. The molecule has 3 heteroatoms. The van der Waals surface area contributed by atoms with E-state index in [-0.39, 0.29) is 0 Å². The topological polar surface area (TPSA) is 30.7 Å². The Hall–Kier alpha value is -2.68. The standard InChI is InChI=1S/C16H11N3/c1-2-5-12(6-3-1)19-11-18-16-13-7-4-10-17-14(13)8-9-15(16)19/h1-11H. The lowest BCUT2D eigenvalue weighted by atomic mass is 10.2. The summed E-state index contributed by atoms with van der Waals surface area (Å²) in [5.74, 6) is 0. The molecule has 3 nitrogen and oxygen atoms in total. The second-order valence-electron chi connectivity index (χ2n) is 4.45. The zero-order valence-electron chi connectivity index (χ0n) is 10.2. The molecule has 0 aliphatic rings. The molecule has 4 rings (SSSR count). The van der Waals surface area contributed by atoms with Crippen molar-refractivity contribution >= 4 is 21.9 Å². The summed E-state index contributed by atoms with van der Waals surface area (Å²) in [6, 6.07) is 18.4. The first kappa shape index (κ1) is 10.3. The average Bonchev–Trinajstić information content (AvgIpc) is 2.92. The molecule has 0 unspecified atom stereocenters. The Morgan fingerprint density at radius 2 is 1.68 bits per heavy atom. The van der Waals surface area contributed by atoms with Gasteiger partial charge in [0.2, 0.25) is 0 Å². The predicted octanol–water partition coefficient (Wildman–Crippen LogP) is 3.57. The number of pyridine rings is 1. The zero-order chi connectivity index (χ0) is 12.7. The number of nitrogens with zero attached hydrogens (tertiary/aromatic N) is 3. The summed E-state index contributed by atoms with van der Waals surface area (Å²) in [5, 5.41) is 1.09. The highest BCUT2D eigenvalue weighted by Crippen LogP contribution is 2.24. The van der Waals surface area contributed by atoms with Crippen molar-refractivity contribution in [1.29, 1.82) is 0 Å². The van der Waals surface area contributed by atoms with Crippen molar-refractivity contribution < 1.29 is 0 Å². The minimum Gasteiger partial charge on any atom is -0.299 e. The molecule has 2 aromatic heterocycles. The molecule has 0 aliphatic carbocycles. The van der Waals surface area contributed by atoms with Crippen molar-refractivity contribution in [3.63, 3.8) is 0 Å². The minimum absolute atomic E-state index is 0.980. The van der Waals surface area contributed by atoms with E-state index in [1.54, 1.807) is 0 Å². The second kappa shape index (κ2) is 3.92. The summed E-state index contributed by atoms with van der Waals surface area (Å²) in [6.07, 6.45) is 3.68. The number of hydrogen-bond donors (Lipinski definition) is 0. The van der Waals surface area contributed by atoms with Crippen LogP contribution in [0.2, 0.25) is 0 Å². The first-order valence-electron chi connectivity index (χ1n) is 6.20. The maximum absolute atomic E-state index is 4.55. The van der Waals surface area contributed by atoms with Crippen molar-refractivity contribution in [3.05, 3.63) is 67.1 Å². The van der Waals surface area contributed by atoms with E-state index in [9.17, 15) is 0 Å². The number of para-hydroxylation sites is 1. The summed E-state index contributed by atoms with van der Waals surface area (Å²) in [7, 11) is 0. The van der Waals surface area contributed by atoms with Crippen LogP contribution in [-0.4, -0.2) is 14.5 Å². The highest BCUT2D eigenvalue weighted by atomic mass is 15.0. The lowest BCUT2D eigenvalue weighted by Gasteiger charge is -2.04. The van der Waals surface area contributed by atoms with Crippen LogP contribution in [0.25, 0.3) is 27.6 Å². The maximum Gasteiger partial charge on any atom is 0.100 e. The highest BCUT2D eigenvalue weighted by molar-refractivity contribution is 6.02. The van der Waals surface area contributed by atoms with Gasteiger partial charge in [0.1, 0.15) is 6.33 Å². The van der Waals surface area contributed by atoms with Crippen LogP contribution in [0.3, 0.4) is 0 Å². The number of fused-ring (bicyclic) bond motifs is 3. The SMILES string of the molecule is c1ccc(-n2cnc3c4cccnc4ccc32)cc1. The van der Waals surface area contributed by atoms with Crippen molar-refractivity contribution in [2.24, 2.45) is 0 Å². The molecule has 0 fully saturated rings. The van der Waals surface area contributed by atoms with Gasteiger partial charge in [-0.3, -0.25) is 9.55 Å². The van der Waals surface area contributed by atoms with Crippen LogP contribution in [-0.2, 0) is 0 Å². The van der Waals surface area contributed by atoms with Gasteiger partial charge in [-0.2, -0.15) is 0 Å². The average molecular weight is 245 g/mol. The van der Waals surface area contributed by atoms with E-state index >= 15 is 0 Å². The smallest absolute Gasteiger partial charge is 0.100 e. The van der Waals surface area contributed by atoms with Gasteiger partial charge in [-0.1, -0.05) is 18.2 Å². The van der Waals surface area contributed by atoms with Crippen molar-refractivity contribution in [2.75, 3.05) is 0 Å². The van der Waals surface area contributed by atoms with Gasteiger partial charge in [-0.05, 0) is 36.4 Å². The lowest BCUT2D eigenvalue weighted by Crippen LogP contribution is -1.90. The van der Waals surface area contributed by atoms with Gasteiger partial charge in [0.15, 0.2) is 0 Å². The zero-order valence-corrected chi connectivity index (χ0v) is 10.2. The van der Waals surface area contributed by atoms with Crippen LogP contribution in [0.1, 0.15) is 0 Å². The molecule has 0 N–H and O–H groups in total. The molecule has 0 saturated carbocycles. The number of rotatable bonds is 1. The summed E-state index contributed by atoms with van der Waals surface area (Å²) in [6.45, 7) is 0. The van der Waals surface area contributed by atoms with E-state index in [0.29, 0.717) is 0 Å².